The van der Waals surface area contributed by atoms with Crippen LogP contribution in [0.25, 0.3) is 12.2 Å². The third-order valence-corrected chi connectivity index (χ3v) is 5.07. The minimum Gasteiger partial charge on any atom is -0.496 e. The van der Waals surface area contributed by atoms with Crippen molar-refractivity contribution in [3.05, 3.63) is 64.2 Å². The highest BCUT2D eigenvalue weighted by Crippen LogP contribution is 2.33. The quantitative estimate of drug-likeness (QED) is 0.719. The number of hydrogen-bond acceptors (Lipinski definition) is 5. The summed E-state index contributed by atoms with van der Waals surface area (Å²) in [6.07, 6.45) is 3.82. The van der Waals surface area contributed by atoms with E-state index in [2.05, 4.69) is 4.90 Å². The number of Topliss-reactive ketones (excluding diaryl/α,β-unsaturated/α-hetero) is 1. The van der Waals surface area contributed by atoms with E-state index in [9.17, 15) is 4.79 Å². The van der Waals surface area contributed by atoms with E-state index in [4.69, 9.17) is 14.2 Å². The van der Waals surface area contributed by atoms with E-state index in [1.165, 1.54) is 0 Å². The molecule has 0 unspecified atom stereocenters. The predicted octanol–water partition coefficient (Wildman–Crippen LogP) is 4.00. The number of hydrogen-bond donors (Lipinski definition) is 0. The Hall–Kier alpha value is -3.05. The molecule has 0 atom stereocenters. The first-order chi connectivity index (χ1) is 14.0. The summed E-state index contributed by atoms with van der Waals surface area (Å²) in [4.78, 5) is 15.4. The van der Waals surface area contributed by atoms with Gasteiger partial charge in [-0.1, -0.05) is 18.2 Å². The average molecular weight is 393 g/mol. The van der Waals surface area contributed by atoms with E-state index in [1.54, 1.807) is 21.3 Å². The third-order valence-electron chi connectivity index (χ3n) is 5.07. The van der Waals surface area contributed by atoms with E-state index in [1.807, 2.05) is 62.5 Å². The maximum absolute atomic E-state index is 13.3. The number of nitrogens with zero attached hydrogens (tertiary/aromatic N) is 1. The summed E-state index contributed by atoms with van der Waals surface area (Å²) in [5.74, 6) is 2.13. The molecule has 0 aromatic heterocycles. The van der Waals surface area contributed by atoms with E-state index in [0.717, 1.165) is 28.0 Å². The van der Waals surface area contributed by atoms with Gasteiger partial charge in [-0.15, -0.1) is 0 Å². The number of rotatable bonds is 5. The Kier molecular flexibility index (Phi) is 6.39. The summed E-state index contributed by atoms with van der Waals surface area (Å²) in [6.45, 7) is 3.15. The van der Waals surface area contributed by atoms with Crippen LogP contribution < -0.4 is 14.2 Å². The molecule has 1 heterocycles. The molecule has 5 nitrogen and oxygen atoms in total. The van der Waals surface area contributed by atoms with E-state index in [0.29, 0.717) is 30.2 Å². The molecule has 2 aromatic rings. The molecule has 0 amide bonds. The van der Waals surface area contributed by atoms with Crippen molar-refractivity contribution < 1.29 is 19.0 Å². The second-order valence-electron chi connectivity index (χ2n) is 7.11. The molecule has 1 aliphatic heterocycles. The largest absolute Gasteiger partial charge is 0.496 e. The Morgan fingerprint density at radius 3 is 1.76 bits per heavy atom. The van der Waals surface area contributed by atoms with Crippen LogP contribution in [0, 0.1) is 6.92 Å². The highest BCUT2D eigenvalue weighted by atomic mass is 16.5. The van der Waals surface area contributed by atoms with Crippen LogP contribution in [0.1, 0.15) is 16.7 Å². The molecular weight excluding hydrogens is 366 g/mol. The zero-order chi connectivity index (χ0) is 21.0. The molecule has 0 N–H and O–H groups in total. The van der Waals surface area contributed by atoms with Crippen molar-refractivity contribution in [3.8, 4) is 17.2 Å². The molecule has 29 heavy (non-hydrogen) atoms. The zero-order valence-corrected chi connectivity index (χ0v) is 17.6. The van der Waals surface area contributed by atoms with Gasteiger partial charge in [-0.25, -0.2) is 0 Å². The van der Waals surface area contributed by atoms with Gasteiger partial charge in [0.2, 0.25) is 0 Å². The minimum atomic E-state index is 0.0290. The lowest BCUT2D eigenvalue weighted by atomic mass is 9.93. The fourth-order valence-electron chi connectivity index (χ4n) is 3.60. The van der Waals surface area contributed by atoms with Crippen LogP contribution in [0.15, 0.2) is 47.5 Å². The smallest absolute Gasteiger partial charge is 0.187 e. The summed E-state index contributed by atoms with van der Waals surface area (Å²) in [6, 6.07) is 11.5. The number of benzene rings is 2. The van der Waals surface area contributed by atoms with Crippen LogP contribution in [0.4, 0.5) is 0 Å². The molecule has 3 rings (SSSR count). The number of piperidine rings is 1. The zero-order valence-electron chi connectivity index (χ0n) is 17.6. The molecular formula is C24H27NO4. The maximum atomic E-state index is 13.3. The molecule has 0 bridgehead atoms. The van der Waals surface area contributed by atoms with Crippen molar-refractivity contribution in [3.63, 3.8) is 0 Å². The van der Waals surface area contributed by atoms with Crippen molar-refractivity contribution in [1.29, 1.82) is 0 Å². The van der Waals surface area contributed by atoms with Crippen molar-refractivity contribution in [2.45, 2.75) is 6.92 Å². The number of likely N-dealkylation sites (N-methyl/N-ethyl adjacent to an activating group) is 1. The number of methoxy groups -OCH3 is 3. The van der Waals surface area contributed by atoms with Crippen LogP contribution in [-0.4, -0.2) is 52.1 Å². The summed E-state index contributed by atoms with van der Waals surface area (Å²) in [5.41, 5.74) is 4.19. The molecule has 1 aliphatic rings. The Morgan fingerprint density at radius 1 is 0.793 bits per heavy atom. The number of carbonyl (C=O) groups excluding carboxylic acids is 1. The Labute approximate surface area is 172 Å². The molecule has 0 radical (unpaired) electrons. The van der Waals surface area contributed by atoms with Crippen molar-refractivity contribution >= 4 is 17.9 Å². The Morgan fingerprint density at radius 2 is 1.24 bits per heavy atom. The Bertz CT molecular complexity index is 953. The lowest BCUT2D eigenvalue weighted by Gasteiger charge is -2.26. The van der Waals surface area contributed by atoms with Gasteiger partial charge in [0.15, 0.2) is 5.78 Å². The second-order valence-corrected chi connectivity index (χ2v) is 7.11. The van der Waals surface area contributed by atoms with Gasteiger partial charge >= 0.3 is 0 Å². The monoisotopic (exact) mass is 393 g/mol. The Balaban J connectivity index is 2.07. The summed E-state index contributed by atoms with van der Waals surface area (Å²) in [5, 5.41) is 0. The highest BCUT2D eigenvalue weighted by Gasteiger charge is 2.25. The fraction of sp³-hybridized carbons (Fsp3) is 0.292. The number of likely N-dealkylation sites (tertiary alicyclic amines) is 1. The minimum absolute atomic E-state index is 0.0290. The van der Waals surface area contributed by atoms with E-state index < -0.39 is 0 Å². The molecule has 1 fully saturated rings. The van der Waals surface area contributed by atoms with E-state index in [-0.39, 0.29) is 5.78 Å². The molecule has 152 valence electrons. The molecule has 0 saturated carbocycles. The lowest BCUT2D eigenvalue weighted by Crippen LogP contribution is -2.34. The van der Waals surface area contributed by atoms with Crippen LogP contribution in [0.3, 0.4) is 0 Å². The van der Waals surface area contributed by atoms with Gasteiger partial charge in [0.25, 0.3) is 0 Å². The highest BCUT2D eigenvalue weighted by molar-refractivity contribution is 6.15. The summed E-state index contributed by atoms with van der Waals surface area (Å²) >= 11 is 0. The molecule has 5 heteroatoms. The standard InChI is InChI=1S/C24H27NO4/c1-16-8-6-9-21(27-3)19(16)12-17-14-25(2)15-18(24(17)26)13-20-22(28-4)10-7-11-23(20)29-5/h6-13H,14-15H2,1-5H3/b17-12+,18-13+. The lowest BCUT2D eigenvalue weighted by molar-refractivity contribution is -0.113. The van der Waals surface area contributed by atoms with Crippen LogP contribution in [0.5, 0.6) is 17.2 Å². The number of carbonyl (C=O) groups is 1. The van der Waals surface area contributed by atoms with Gasteiger partial charge in [-0.3, -0.25) is 9.69 Å². The first-order valence-corrected chi connectivity index (χ1v) is 9.47. The van der Waals surface area contributed by atoms with Crippen LogP contribution >= 0.6 is 0 Å². The van der Waals surface area contributed by atoms with Crippen LogP contribution in [0.2, 0.25) is 0 Å². The summed E-state index contributed by atoms with van der Waals surface area (Å²) in [7, 11) is 6.87. The van der Waals surface area contributed by atoms with Gasteiger partial charge in [-0.05, 0) is 49.9 Å². The first-order valence-electron chi connectivity index (χ1n) is 9.47. The topological polar surface area (TPSA) is 48.0 Å². The summed E-state index contributed by atoms with van der Waals surface area (Å²) < 4.78 is 16.5. The van der Waals surface area contributed by atoms with Crippen LogP contribution in [-0.2, 0) is 4.79 Å². The van der Waals surface area contributed by atoms with Crippen molar-refractivity contribution in [2.75, 3.05) is 41.5 Å². The number of aryl methyl sites for hydroxylation is 1. The van der Waals surface area contributed by atoms with E-state index >= 15 is 0 Å². The van der Waals surface area contributed by atoms with Gasteiger partial charge in [0.1, 0.15) is 17.2 Å². The van der Waals surface area contributed by atoms with Gasteiger partial charge in [-0.2, -0.15) is 0 Å². The molecule has 0 aliphatic carbocycles. The number of ketones is 1. The SMILES string of the molecule is COc1cccc(C)c1/C=C1\CN(C)C/C(=C\c2c(OC)cccc2OC)C1=O. The predicted molar refractivity (Wildman–Crippen MR) is 116 cm³/mol. The molecule has 0 spiro atoms. The van der Waals surface area contributed by atoms with Crippen molar-refractivity contribution in [1.82, 2.24) is 4.90 Å². The maximum Gasteiger partial charge on any atom is 0.187 e. The van der Waals surface area contributed by atoms with Gasteiger partial charge < -0.3 is 14.2 Å². The molecule has 1 saturated heterocycles. The fourth-order valence-corrected chi connectivity index (χ4v) is 3.60. The second kappa shape index (κ2) is 8.97. The first kappa shape index (κ1) is 20.7. The van der Waals surface area contributed by atoms with Gasteiger partial charge in [0, 0.05) is 29.8 Å². The van der Waals surface area contributed by atoms with Gasteiger partial charge in [0.05, 0.1) is 26.9 Å². The molecule has 2 aromatic carbocycles. The number of ether oxygens (including phenoxy) is 3. The van der Waals surface area contributed by atoms with Crippen molar-refractivity contribution in [2.24, 2.45) is 0 Å². The normalized spacial score (nSPS) is 17.6. The third kappa shape index (κ3) is 4.35. The average Bonchev–Trinajstić information content (AvgIpc) is 2.72.